The lowest BCUT2D eigenvalue weighted by molar-refractivity contribution is -0.137. The molecule has 0 radical (unpaired) electrons. The van der Waals surface area contributed by atoms with Crippen LogP contribution in [0, 0.1) is 0 Å². The summed E-state index contributed by atoms with van der Waals surface area (Å²) in [4.78, 5) is 39.6. The minimum atomic E-state index is -4.65. The smallest absolute Gasteiger partial charge is 0.319 e. The van der Waals surface area contributed by atoms with Gasteiger partial charge in [-0.15, -0.1) is 0 Å². The van der Waals surface area contributed by atoms with E-state index in [9.17, 15) is 27.6 Å². The van der Waals surface area contributed by atoms with Gasteiger partial charge in [-0.3, -0.25) is 14.5 Å². The van der Waals surface area contributed by atoms with Crippen molar-refractivity contribution in [3.8, 4) is 0 Å². The summed E-state index contributed by atoms with van der Waals surface area (Å²) in [6, 6.07) is 15.0. The predicted octanol–water partition coefficient (Wildman–Crippen LogP) is 3.44. The third-order valence-electron chi connectivity index (χ3n) is 4.97. The summed E-state index contributed by atoms with van der Waals surface area (Å²) >= 11 is 0. The molecule has 9 heteroatoms. The standard InChI is InChI=1S/C21H20F3N3O3/c1-2-20(15-9-5-3-6-10-15)18(29)26(19(30)25-20)13-17(28)27(14-21(22,23)24)16-11-7-4-8-12-16/h3-12H,2,13-14H2,1H3,(H,25,30). The summed E-state index contributed by atoms with van der Waals surface area (Å²) in [6.07, 6.45) is -4.43. The highest BCUT2D eigenvalue weighted by Crippen LogP contribution is 2.32. The summed E-state index contributed by atoms with van der Waals surface area (Å²) in [7, 11) is 0. The highest BCUT2D eigenvalue weighted by molar-refractivity contribution is 6.10. The fraction of sp³-hybridized carbons (Fsp3) is 0.286. The van der Waals surface area contributed by atoms with Gasteiger partial charge in [-0.2, -0.15) is 13.2 Å². The van der Waals surface area contributed by atoms with Crippen LogP contribution in [-0.4, -0.2) is 42.0 Å². The van der Waals surface area contributed by atoms with Crippen molar-refractivity contribution in [3.05, 3.63) is 66.2 Å². The van der Waals surface area contributed by atoms with Crippen molar-refractivity contribution in [2.45, 2.75) is 25.1 Å². The second-order valence-corrected chi connectivity index (χ2v) is 6.88. The Bertz CT molecular complexity index is 935. The molecule has 1 heterocycles. The van der Waals surface area contributed by atoms with Crippen LogP contribution in [0.3, 0.4) is 0 Å². The number of alkyl halides is 3. The molecule has 1 atom stereocenters. The van der Waals surface area contributed by atoms with Gasteiger partial charge in [0.2, 0.25) is 5.91 Å². The van der Waals surface area contributed by atoms with Crippen molar-refractivity contribution in [2.24, 2.45) is 0 Å². The zero-order valence-electron chi connectivity index (χ0n) is 16.1. The highest BCUT2D eigenvalue weighted by Gasteiger charge is 2.52. The van der Waals surface area contributed by atoms with Gasteiger partial charge in [0, 0.05) is 5.69 Å². The molecule has 0 bridgehead atoms. The third-order valence-corrected chi connectivity index (χ3v) is 4.97. The number of hydrogen-bond donors (Lipinski definition) is 1. The first-order valence-electron chi connectivity index (χ1n) is 9.30. The molecule has 0 saturated carbocycles. The predicted molar refractivity (Wildman–Crippen MR) is 104 cm³/mol. The molecule has 1 N–H and O–H groups in total. The van der Waals surface area contributed by atoms with E-state index in [1.54, 1.807) is 43.3 Å². The number of para-hydroxylation sites is 1. The van der Waals surface area contributed by atoms with Crippen molar-refractivity contribution in [1.29, 1.82) is 0 Å². The van der Waals surface area contributed by atoms with Crippen molar-refractivity contribution >= 4 is 23.5 Å². The molecule has 1 aliphatic rings. The van der Waals surface area contributed by atoms with E-state index in [1.807, 2.05) is 0 Å². The lowest BCUT2D eigenvalue weighted by Crippen LogP contribution is -2.47. The third kappa shape index (κ3) is 4.14. The van der Waals surface area contributed by atoms with E-state index in [1.165, 1.54) is 24.3 Å². The van der Waals surface area contributed by atoms with Crippen LogP contribution in [0.5, 0.6) is 0 Å². The van der Waals surface area contributed by atoms with Gasteiger partial charge in [0.05, 0.1) is 0 Å². The average molecular weight is 419 g/mol. The van der Waals surface area contributed by atoms with E-state index in [0.717, 1.165) is 0 Å². The molecule has 6 nitrogen and oxygen atoms in total. The Kier molecular flexibility index (Phi) is 5.82. The van der Waals surface area contributed by atoms with Gasteiger partial charge in [-0.05, 0) is 24.1 Å². The molecule has 3 rings (SSSR count). The largest absolute Gasteiger partial charge is 0.406 e. The van der Waals surface area contributed by atoms with Crippen LogP contribution in [0.4, 0.5) is 23.7 Å². The number of imide groups is 1. The monoisotopic (exact) mass is 419 g/mol. The summed E-state index contributed by atoms with van der Waals surface area (Å²) in [6.45, 7) is -0.627. The first-order valence-corrected chi connectivity index (χ1v) is 9.30. The molecule has 1 saturated heterocycles. The van der Waals surface area contributed by atoms with E-state index in [-0.39, 0.29) is 12.1 Å². The number of benzene rings is 2. The quantitative estimate of drug-likeness (QED) is 0.730. The Morgan fingerprint density at radius 2 is 1.60 bits per heavy atom. The normalized spacial score (nSPS) is 19.0. The van der Waals surface area contributed by atoms with E-state index >= 15 is 0 Å². The van der Waals surface area contributed by atoms with E-state index in [4.69, 9.17) is 0 Å². The molecule has 4 amide bonds. The minimum Gasteiger partial charge on any atom is -0.319 e. The Morgan fingerprint density at radius 1 is 1.03 bits per heavy atom. The summed E-state index contributed by atoms with van der Waals surface area (Å²) in [5.74, 6) is -1.68. The molecule has 158 valence electrons. The van der Waals surface area contributed by atoms with Gasteiger partial charge in [0.25, 0.3) is 5.91 Å². The first kappa shape index (κ1) is 21.4. The van der Waals surface area contributed by atoms with Gasteiger partial charge in [-0.25, -0.2) is 4.79 Å². The number of urea groups is 1. The van der Waals surface area contributed by atoms with Crippen LogP contribution in [0.25, 0.3) is 0 Å². The molecule has 1 aliphatic heterocycles. The molecule has 0 aromatic heterocycles. The summed E-state index contributed by atoms with van der Waals surface area (Å²) < 4.78 is 39.2. The second-order valence-electron chi connectivity index (χ2n) is 6.88. The Hall–Kier alpha value is -3.36. The fourth-order valence-electron chi connectivity index (χ4n) is 3.46. The Balaban J connectivity index is 1.87. The molecule has 0 aliphatic carbocycles. The van der Waals surface area contributed by atoms with E-state index in [2.05, 4.69) is 5.32 Å². The van der Waals surface area contributed by atoms with Crippen molar-refractivity contribution in [2.75, 3.05) is 18.0 Å². The number of rotatable bonds is 6. The zero-order valence-corrected chi connectivity index (χ0v) is 16.1. The number of carbonyl (C=O) groups is 3. The maximum atomic E-state index is 13.1. The van der Waals surface area contributed by atoms with Crippen LogP contribution >= 0.6 is 0 Å². The summed E-state index contributed by atoms with van der Waals surface area (Å²) in [5, 5.41) is 2.61. The van der Waals surface area contributed by atoms with Gasteiger partial charge in [0.15, 0.2) is 0 Å². The molecule has 2 aromatic rings. The maximum Gasteiger partial charge on any atom is 0.406 e. The van der Waals surface area contributed by atoms with E-state index < -0.39 is 42.7 Å². The molecule has 30 heavy (non-hydrogen) atoms. The van der Waals surface area contributed by atoms with Crippen LogP contribution < -0.4 is 10.2 Å². The number of halogens is 3. The number of carbonyl (C=O) groups excluding carboxylic acids is 3. The minimum absolute atomic E-state index is 0.0247. The highest BCUT2D eigenvalue weighted by atomic mass is 19.4. The van der Waals surface area contributed by atoms with Crippen molar-refractivity contribution in [3.63, 3.8) is 0 Å². The molecular weight excluding hydrogens is 399 g/mol. The van der Waals surface area contributed by atoms with Crippen LogP contribution in [-0.2, 0) is 15.1 Å². The van der Waals surface area contributed by atoms with Crippen molar-refractivity contribution in [1.82, 2.24) is 10.2 Å². The van der Waals surface area contributed by atoms with E-state index in [0.29, 0.717) is 15.4 Å². The number of hydrogen-bond acceptors (Lipinski definition) is 3. The molecule has 2 aromatic carbocycles. The lowest BCUT2D eigenvalue weighted by atomic mass is 9.87. The van der Waals surface area contributed by atoms with Gasteiger partial charge in [-0.1, -0.05) is 55.5 Å². The van der Waals surface area contributed by atoms with Crippen LogP contribution in [0.2, 0.25) is 0 Å². The topological polar surface area (TPSA) is 69.7 Å². The molecule has 1 fully saturated rings. The number of amides is 4. The molecular formula is C21H20F3N3O3. The Morgan fingerprint density at radius 3 is 2.13 bits per heavy atom. The zero-order chi connectivity index (χ0) is 21.9. The number of anilines is 1. The summed E-state index contributed by atoms with van der Waals surface area (Å²) in [5.41, 5.74) is -0.798. The average Bonchev–Trinajstić information content (AvgIpc) is 2.97. The van der Waals surface area contributed by atoms with Crippen LogP contribution in [0.15, 0.2) is 60.7 Å². The number of nitrogens with one attached hydrogen (secondary N) is 1. The molecule has 0 spiro atoms. The fourth-order valence-corrected chi connectivity index (χ4v) is 3.46. The first-order chi connectivity index (χ1) is 14.2. The second kappa shape index (κ2) is 8.17. The van der Waals surface area contributed by atoms with Crippen LogP contribution in [0.1, 0.15) is 18.9 Å². The van der Waals surface area contributed by atoms with Gasteiger partial charge < -0.3 is 10.2 Å². The van der Waals surface area contributed by atoms with Gasteiger partial charge in [0.1, 0.15) is 18.6 Å². The van der Waals surface area contributed by atoms with Gasteiger partial charge >= 0.3 is 12.2 Å². The molecule has 1 unspecified atom stereocenters. The SMILES string of the molecule is CCC1(c2ccccc2)NC(=O)N(CC(=O)N(CC(F)(F)F)c2ccccc2)C1=O. The number of nitrogens with zero attached hydrogens (tertiary/aromatic N) is 2. The van der Waals surface area contributed by atoms with Crippen molar-refractivity contribution < 1.29 is 27.6 Å². The lowest BCUT2D eigenvalue weighted by Gasteiger charge is -2.27. The Labute approximate surface area is 171 Å². The maximum absolute atomic E-state index is 13.1.